The number of anilines is 1. The van der Waals surface area contributed by atoms with Crippen LogP contribution >= 0.6 is 0 Å². The number of likely N-dealkylation sites (tertiary alicyclic amines) is 1. The topological polar surface area (TPSA) is 133 Å². The Morgan fingerprint density at radius 2 is 1.79 bits per heavy atom. The molecule has 1 N–H and O–H groups in total. The van der Waals surface area contributed by atoms with E-state index < -0.39 is 41.5 Å². The second kappa shape index (κ2) is 8.23. The predicted octanol–water partition coefficient (Wildman–Crippen LogP) is 1.13. The van der Waals surface area contributed by atoms with Gasteiger partial charge in [0.2, 0.25) is 0 Å². The van der Waals surface area contributed by atoms with Gasteiger partial charge in [-0.3, -0.25) is 0 Å². The Labute approximate surface area is 189 Å². The quantitative estimate of drug-likeness (QED) is 0.522. The maximum absolute atomic E-state index is 13.0. The maximum Gasteiger partial charge on any atom is 0.416 e. The number of para-hydroxylation sites is 1. The highest BCUT2D eigenvalue weighted by Crippen LogP contribution is 2.55. The molecule has 4 rings (SSSR count). The van der Waals surface area contributed by atoms with E-state index in [0.717, 1.165) is 12.0 Å². The number of amidine groups is 1. The van der Waals surface area contributed by atoms with Gasteiger partial charge in [-0.25, -0.2) is 29.1 Å². The summed E-state index contributed by atoms with van der Waals surface area (Å²) in [5.41, 5.74) is -0.154. The summed E-state index contributed by atoms with van der Waals surface area (Å²) in [5.74, 6) is -2.27. The van der Waals surface area contributed by atoms with Crippen molar-refractivity contribution in [1.82, 2.24) is 4.90 Å². The van der Waals surface area contributed by atoms with Crippen molar-refractivity contribution in [2.75, 3.05) is 33.3 Å². The summed E-state index contributed by atoms with van der Waals surface area (Å²) in [6.07, 6.45) is -0.779. The number of benzene rings is 1. The Bertz CT molecular complexity index is 1110. The summed E-state index contributed by atoms with van der Waals surface area (Å²) in [5, 5.41) is 3.26. The van der Waals surface area contributed by atoms with Crippen LogP contribution in [0.25, 0.3) is 0 Å². The van der Waals surface area contributed by atoms with Gasteiger partial charge in [-0.15, -0.1) is 0 Å². The number of fused-ring (bicyclic) bond motifs is 1. The van der Waals surface area contributed by atoms with Crippen molar-refractivity contribution >= 4 is 35.5 Å². The van der Waals surface area contributed by atoms with Crippen molar-refractivity contribution in [2.24, 2.45) is 4.99 Å². The number of ether oxygens (including phenoxy) is 4. The summed E-state index contributed by atoms with van der Waals surface area (Å²) >= 11 is 0. The van der Waals surface area contributed by atoms with Crippen molar-refractivity contribution in [3.63, 3.8) is 0 Å². The van der Waals surface area contributed by atoms with E-state index in [1.807, 2.05) is 6.07 Å². The van der Waals surface area contributed by atoms with Crippen LogP contribution in [0.2, 0.25) is 0 Å². The molecule has 11 nitrogen and oxygen atoms in total. The van der Waals surface area contributed by atoms with Gasteiger partial charge in [-0.2, -0.15) is 0 Å². The lowest BCUT2D eigenvalue weighted by molar-refractivity contribution is -0.144. The first-order valence-corrected chi connectivity index (χ1v) is 10.2. The van der Waals surface area contributed by atoms with Gasteiger partial charge in [0.25, 0.3) is 0 Å². The lowest BCUT2D eigenvalue weighted by Crippen LogP contribution is -2.53. The van der Waals surface area contributed by atoms with Crippen molar-refractivity contribution < 1.29 is 38.1 Å². The number of rotatable bonds is 4. The minimum Gasteiger partial charge on any atom is -0.467 e. The number of methoxy groups -OCH3 is 3. The number of hydrogen-bond donors (Lipinski definition) is 1. The van der Waals surface area contributed by atoms with Crippen LogP contribution in [-0.4, -0.2) is 74.8 Å². The molecule has 0 aromatic heterocycles. The molecule has 1 aromatic rings. The fourth-order valence-electron chi connectivity index (χ4n) is 4.84. The zero-order valence-corrected chi connectivity index (χ0v) is 18.5. The molecule has 3 aliphatic heterocycles. The molecule has 1 aromatic carbocycles. The predicted molar refractivity (Wildman–Crippen MR) is 113 cm³/mol. The van der Waals surface area contributed by atoms with Gasteiger partial charge in [0.1, 0.15) is 11.9 Å². The van der Waals surface area contributed by atoms with E-state index in [2.05, 4.69) is 10.3 Å². The summed E-state index contributed by atoms with van der Waals surface area (Å²) < 4.78 is 20.0. The Morgan fingerprint density at radius 1 is 1.09 bits per heavy atom. The molecular weight excluding hydrogens is 434 g/mol. The van der Waals surface area contributed by atoms with Crippen molar-refractivity contribution in [3.05, 3.63) is 41.1 Å². The molecule has 1 saturated heterocycles. The lowest BCUT2D eigenvalue weighted by atomic mass is 9.70. The number of hydrogen-bond acceptors (Lipinski definition) is 10. The third kappa shape index (κ3) is 3.06. The summed E-state index contributed by atoms with van der Waals surface area (Å²) in [6.45, 7) is 1.68. The van der Waals surface area contributed by atoms with Crippen molar-refractivity contribution in [2.45, 2.75) is 30.8 Å². The Balaban J connectivity index is 2.04. The number of nitrogens with zero attached hydrogens (tertiary/aromatic N) is 2. The number of amides is 1. The highest BCUT2D eigenvalue weighted by Gasteiger charge is 2.66. The molecule has 0 bridgehead atoms. The van der Waals surface area contributed by atoms with Gasteiger partial charge in [0.15, 0.2) is 5.70 Å². The van der Waals surface area contributed by atoms with E-state index in [1.165, 1.54) is 14.2 Å². The Kier molecular flexibility index (Phi) is 5.56. The van der Waals surface area contributed by atoms with Gasteiger partial charge in [0, 0.05) is 5.69 Å². The van der Waals surface area contributed by atoms with Gasteiger partial charge >= 0.3 is 24.0 Å². The monoisotopic (exact) mass is 457 g/mol. The molecule has 0 radical (unpaired) electrons. The number of esters is 3. The fraction of sp³-hybridized carbons (Fsp3) is 0.409. The van der Waals surface area contributed by atoms with E-state index in [0.29, 0.717) is 11.3 Å². The first-order chi connectivity index (χ1) is 15.8. The minimum absolute atomic E-state index is 0.0426. The van der Waals surface area contributed by atoms with Gasteiger partial charge < -0.3 is 24.3 Å². The normalized spacial score (nSPS) is 24.6. The third-order valence-electron chi connectivity index (χ3n) is 6.14. The van der Waals surface area contributed by atoms with E-state index in [1.54, 1.807) is 25.1 Å². The molecule has 0 aliphatic carbocycles. The number of nitrogens with one attached hydrogen (secondary N) is 1. The van der Waals surface area contributed by atoms with Crippen LogP contribution in [0.4, 0.5) is 10.5 Å². The van der Waals surface area contributed by atoms with Crippen molar-refractivity contribution in [3.8, 4) is 0 Å². The van der Waals surface area contributed by atoms with Crippen LogP contribution in [0.5, 0.6) is 0 Å². The first-order valence-electron chi connectivity index (χ1n) is 10.2. The minimum atomic E-state index is -1.15. The van der Waals surface area contributed by atoms with Crippen LogP contribution < -0.4 is 5.32 Å². The van der Waals surface area contributed by atoms with E-state index >= 15 is 0 Å². The summed E-state index contributed by atoms with van der Waals surface area (Å²) in [7, 11) is 3.55. The number of carbonyl (C=O) groups is 4. The van der Waals surface area contributed by atoms with Gasteiger partial charge in [-0.05, 0) is 25.0 Å². The Morgan fingerprint density at radius 3 is 2.42 bits per heavy atom. The van der Waals surface area contributed by atoms with Crippen LogP contribution in [0.3, 0.4) is 0 Å². The number of aliphatic imine (C=N–C) groups is 1. The van der Waals surface area contributed by atoms with E-state index in [4.69, 9.17) is 18.9 Å². The third-order valence-corrected chi connectivity index (χ3v) is 6.14. The highest BCUT2D eigenvalue weighted by molar-refractivity contribution is 6.16. The standard InChI is InChI=1S/C22H23N3O8/c1-5-33-21(29)25-13(17(26)30-2)10-22-11-8-6-7-9-12(11)23-16(22)14(18(27)31-3)15(19(28)32-4)24-20(22)25/h6-9,13,16,23H,5,10H2,1-4H3/t13?,16?,22-/m0/s1. The zero-order valence-electron chi connectivity index (χ0n) is 18.5. The average molecular weight is 457 g/mol. The molecule has 3 aliphatic rings. The fourth-order valence-corrected chi connectivity index (χ4v) is 4.84. The smallest absolute Gasteiger partial charge is 0.416 e. The second-order valence-corrected chi connectivity index (χ2v) is 7.59. The second-order valence-electron chi connectivity index (χ2n) is 7.59. The van der Waals surface area contributed by atoms with Gasteiger partial charge in [0.05, 0.1) is 45.0 Å². The molecule has 174 valence electrons. The molecule has 11 heteroatoms. The van der Waals surface area contributed by atoms with Gasteiger partial charge in [-0.1, -0.05) is 18.2 Å². The largest absolute Gasteiger partial charge is 0.467 e. The average Bonchev–Trinajstić information content (AvgIpc) is 3.35. The molecule has 3 heterocycles. The highest BCUT2D eigenvalue weighted by atomic mass is 16.6. The van der Waals surface area contributed by atoms with Crippen molar-refractivity contribution in [1.29, 1.82) is 0 Å². The molecular formula is C22H23N3O8. The Hall–Kier alpha value is -3.89. The SMILES string of the molecule is CCOC(=O)N1C2=NC(C(=O)OC)=C(C(=O)OC)C3Nc4ccccc4[C@]23CC1C(=O)OC. The van der Waals surface area contributed by atoms with E-state index in [9.17, 15) is 19.2 Å². The number of carbonyl (C=O) groups excluding carboxylic acids is 4. The van der Waals surface area contributed by atoms with Crippen LogP contribution in [0.15, 0.2) is 40.5 Å². The summed E-state index contributed by atoms with van der Waals surface area (Å²) in [4.78, 5) is 56.9. The molecule has 2 unspecified atom stereocenters. The van der Waals surface area contributed by atoms with E-state index in [-0.39, 0.29) is 30.1 Å². The molecule has 1 amide bonds. The van der Waals surface area contributed by atoms with Crippen LogP contribution in [0, 0.1) is 0 Å². The van der Waals surface area contributed by atoms with Crippen LogP contribution in [0.1, 0.15) is 18.9 Å². The first kappa shape index (κ1) is 22.3. The molecule has 1 fully saturated rings. The van der Waals surface area contributed by atoms with Crippen LogP contribution in [-0.2, 0) is 38.7 Å². The summed E-state index contributed by atoms with van der Waals surface area (Å²) in [6, 6.07) is 5.25. The molecule has 0 saturated carbocycles. The lowest BCUT2D eigenvalue weighted by Gasteiger charge is -2.36. The molecule has 3 atom stereocenters. The molecule has 33 heavy (non-hydrogen) atoms. The molecule has 1 spiro atoms. The zero-order chi connectivity index (χ0) is 23.9. The maximum atomic E-state index is 13.0.